The molecule has 0 aliphatic carbocycles. The van der Waals surface area contributed by atoms with E-state index in [1.807, 2.05) is 0 Å². The zero-order valence-electron chi connectivity index (χ0n) is 10.2. The van der Waals surface area contributed by atoms with Crippen LogP contribution in [0.4, 0.5) is 5.69 Å². The molecule has 0 bridgehead atoms. The van der Waals surface area contributed by atoms with E-state index in [4.69, 9.17) is 9.47 Å². The van der Waals surface area contributed by atoms with Crippen LogP contribution in [0.2, 0.25) is 0 Å². The number of hydrogen-bond donors (Lipinski definition) is 0. The van der Waals surface area contributed by atoms with E-state index >= 15 is 0 Å². The highest BCUT2D eigenvalue weighted by Crippen LogP contribution is 2.38. The molecule has 19 heavy (non-hydrogen) atoms. The second-order valence-electron chi connectivity index (χ2n) is 3.73. The van der Waals surface area contributed by atoms with Crippen molar-refractivity contribution in [3.05, 3.63) is 52.1 Å². The number of ketones is 1. The monoisotopic (exact) mass is 261 g/mol. The third-order valence-electron chi connectivity index (χ3n) is 2.50. The molecule has 0 fully saturated rings. The van der Waals surface area contributed by atoms with E-state index in [1.165, 1.54) is 24.3 Å². The van der Waals surface area contributed by atoms with Gasteiger partial charge in [0.05, 0.1) is 11.0 Å². The van der Waals surface area contributed by atoms with Gasteiger partial charge in [-0.15, -0.1) is 0 Å². The summed E-state index contributed by atoms with van der Waals surface area (Å²) in [5, 5.41) is 11.0. The number of benzene rings is 1. The predicted molar refractivity (Wildman–Crippen MR) is 67.5 cm³/mol. The molecular formula is C13H11NO5. The van der Waals surface area contributed by atoms with Crippen LogP contribution in [0.5, 0.6) is 11.5 Å². The second kappa shape index (κ2) is 5.34. The van der Waals surface area contributed by atoms with Crippen LogP contribution in [0, 0.1) is 10.1 Å². The van der Waals surface area contributed by atoms with E-state index in [2.05, 4.69) is 0 Å². The van der Waals surface area contributed by atoms with Gasteiger partial charge in [-0.1, -0.05) is 18.2 Å². The average Bonchev–Trinajstić information content (AvgIpc) is 2.84. The van der Waals surface area contributed by atoms with Gasteiger partial charge >= 0.3 is 0 Å². The molecular weight excluding hydrogens is 250 g/mol. The lowest BCUT2D eigenvalue weighted by Crippen LogP contribution is -2.01. The minimum absolute atomic E-state index is 0.00145. The van der Waals surface area contributed by atoms with Crippen molar-refractivity contribution in [2.45, 2.75) is 6.92 Å². The molecule has 0 aromatic heterocycles. The maximum absolute atomic E-state index is 11.9. The average molecular weight is 261 g/mol. The number of hydrogen-bond acceptors (Lipinski definition) is 5. The maximum Gasteiger partial charge on any atom is 0.284 e. The van der Waals surface area contributed by atoms with Gasteiger partial charge in [-0.3, -0.25) is 14.9 Å². The molecule has 1 aromatic carbocycles. The number of nitrogens with zero attached hydrogens (tertiary/aromatic N) is 1. The zero-order chi connectivity index (χ0) is 13.8. The molecule has 1 aromatic rings. The fraction of sp³-hybridized carbons (Fsp3) is 0.154. The predicted octanol–water partition coefficient (Wildman–Crippen LogP) is 2.64. The molecule has 1 aliphatic heterocycles. The van der Waals surface area contributed by atoms with Crippen molar-refractivity contribution < 1.29 is 19.2 Å². The fourth-order valence-electron chi connectivity index (χ4n) is 1.62. The number of nitro groups is 1. The summed E-state index contributed by atoms with van der Waals surface area (Å²) in [6.45, 7) is 1.80. The van der Waals surface area contributed by atoms with Crippen molar-refractivity contribution in [1.29, 1.82) is 0 Å². The van der Waals surface area contributed by atoms with Gasteiger partial charge in [0.15, 0.2) is 17.3 Å². The molecule has 1 aliphatic rings. The van der Waals surface area contributed by atoms with Gasteiger partial charge in [-0.05, 0) is 13.0 Å². The Morgan fingerprint density at radius 1 is 1.32 bits per heavy atom. The van der Waals surface area contributed by atoms with Crippen LogP contribution >= 0.6 is 0 Å². The summed E-state index contributed by atoms with van der Waals surface area (Å²) in [6.07, 6.45) is 6.20. The molecule has 6 nitrogen and oxygen atoms in total. The van der Waals surface area contributed by atoms with Crippen LogP contribution < -0.4 is 9.47 Å². The van der Waals surface area contributed by atoms with Crippen molar-refractivity contribution in [3.8, 4) is 11.5 Å². The molecule has 6 heteroatoms. The molecule has 0 atom stereocenters. The Balaban J connectivity index is 2.43. The lowest BCUT2D eigenvalue weighted by atomic mass is 10.1. The number of ether oxygens (including phenoxy) is 2. The molecule has 1 heterocycles. The number of nitro benzene ring substituents is 1. The van der Waals surface area contributed by atoms with Crippen LogP contribution in [0.3, 0.4) is 0 Å². The van der Waals surface area contributed by atoms with Crippen molar-refractivity contribution >= 4 is 11.5 Å². The Morgan fingerprint density at radius 2 is 2.00 bits per heavy atom. The molecule has 0 saturated heterocycles. The van der Waals surface area contributed by atoms with Gasteiger partial charge in [0, 0.05) is 6.07 Å². The second-order valence-corrected chi connectivity index (χ2v) is 3.73. The van der Waals surface area contributed by atoms with Crippen molar-refractivity contribution in [2.24, 2.45) is 0 Å². The van der Waals surface area contributed by atoms with Crippen molar-refractivity contribution in [1.82, 2.24) is 0 Å². The number of allylic oxidation sites excluding steroid dienone is 4. The third kappa shape index (κ3) is 2.62. The van der Waals surface area contributed by atoms with E-state index in [9.17, 15) is 14.9 Å². The maximum atomic E-state index is 11.9. The molecule has 2 rings (SSSR count). The minimum Gasteiger partial charge on any atom is -0.454 e. The van der Waals surface area contributed by atoms with Crippen LogP contribution in [-0.4, -0.2) is 17.5 Å². The Bertz CT molecular complexity index is 589. The molecule has 0 saturated carbocycles. The van der Waals surface area contributed by atoms with Crippen molar-refractivity contribution in [3.63, 3.8) is 0 Å². The van der Waals surface area contributed by atoms with Crippen LogP contribution in [-0.2, 0) is 0 Å². The van der Waals surface area contributed by atoms with Gasteiger partial charge in [0.2, 0.25) is 6.79 Å². The van der Waals surface area contributed by atoms with Crippen LogP contribution in [0.15, 0.2) is 36.4 Å². The first-order valence-corrected chi connectivity index (χ1v) is 5.55. The van der Waals surface area contributed by atoms with Gasteiger partial charge < -0.3 is 9.47 Å². The van der Waals surface area contributed by atoms with E-state index in [-0.39, 0.29) is 23.8 Å². The highest BCUT2D eigenvalue weighted by atomic mass is 16.7. The van der Waals surface area contributed by atoms with Gasteiger partial charge in [-0.2, -0.15) is 0 Å². The van der Waals surface area contributed by atoms with Gasteiger partial charge in [-0.25, -0.2) is 0 Å². The van der Waals surface area contributed by atoms with Gasteiger partial charge in [0.25, 0.3) is 5.69 Å². The summed E-state index contributed by atoms with van der Waals surface area (Å²) in [7, 11) is 0. The Labute approximate surface area is 109 Å². The van der Waals surface area contributed by atoms with E-state index in [0.29, 0.717) is 5.75 Å². The molecule has 0 radical (unpaired) electrons. The minimum atomic E-state index is -0.612. The smallest absolute Gasteiger partial charge is 0.284 e. The van der Waals surface area contributed by atoms with E-state index in [0.717, 1.165) is 0 Å². The largest absolute Gasteiger partial charge is 0.454 e. The summed E-state index contributed by atoms with van der Waals surface area (Å²) in [5.41, 5.74) is -0.311. The zero-order valence-corrected chi connectivity index (χ0v) is 10.2. The number of carbonyl (C=O) groups is 1. The lowest BCUT2D eigenvalue weighted by molar-refractivity contribution is -0.385. The lowest BCUT2D eigenvalue weighted by Gasteiger charge is -2.01. The number of carbonyl (C=O) groups excluding carboxylic acids is 1. The quantitative estimate of drug-likeness (QED) is 0.274. The summed E-state index contributed by atoms with van der Waals surface area (Å²) < 4.78 is 10.2. The molecule has 0 spiro atoms. The van der Waals surface area contributed by atoms with Gasteiger partial charge in [0.1, 0.15) is 5.56 Å². The molecule has 0 unspecified atom stereocenters. The van der Waals surface area contributed by atoms with E-state index < -0.39 is 10.7 Å². The number of fused-ring (bicyclic) bond motifs is 1. The third-order valence-corrected chi connectivity index (χ3v) is 2.50. The normalized spacial score (nSPS) is 13.3. The Morgan fingerprint density at radius 3 is 2.63 bits per heavy atom. The standard InChI is InChI=1S/C13H11NO5/c1-2-3-4-5-11(15)9-6-12-13(19-8-18-12)7-10(9)14(16)17/h2-7H,8H2,1H3/b3-2+,5-4+. The molecule has 0 N–H and O–H groups in total. The first-order valence-electron chi connectivity index (χ1n) is 5.55. The van der Waals surface area contributed by atoms with Crippen molar-refractivity contribution in [2.75, 3.05) is 6.79 Å². The Kier molecular flexibility index (Phi) is 3.61. The van der Waals surface area contributed by atoms with Crippen LogP contribution in [0.25, 0.3) is 0 Å². The first kappa shape index (κ1) is 12.8. The molecule has 0 amide bonds. The Hall–Kier alpha value is -2.63. The topological polar surface area (TPSA) is 78.7 Å². The summed E-state index contributed by atoms with van der Waals surface area (Å²) in [4.78, 5) is 22.3. The summed E-state index contributed by atoms with van der Waals surface area (Å²) in [6, 6.07) is 2.54. The highest BCUT2D eigenvalue weighted by Gasteiger charge is 2.25. The fourth-order valence-corrected chi connectivity index (χ4v) is 1.62. The summed E-state index contributed by atoms with van der Waals surface area (Å²) >= 11 is 0. The van der Waals surface area contributed by atoms with Crippen LogP contribution in [0.1, 0.15) is 17.3 Å². The van der Waals surface area contributed by atoms with E-state index in [1.54, 1.807) is 19.1 Å². The highest BCUT2D eigenvalue weighted by molar-refractivity contribution is 6.08. The summed E-state index contributed by atoms with van der Waals surface area (Å²) in [5.74, 6) is 0.164. The first-order chi connectivity index (χ1) is 9.13. The number of rotatable bonds is 4. The molecule has 98 valence electrons. The SMILES string of the molecule is C/C=C/C=C/C(=O)c1cc2c(cc1[N+](=O)[O-])OCO2.